The molecule has 0 unspecified atom stereocenters. The van der Waals surface area contributed by atoms with Crippen molar-refractivity contribution in [1.82, 2.24) is 9.97 Å². The number of ether oxygens (including phenoxy) is 4. The summed E-state index contributed by atoms with van der Waals surface area (Å²) in [5.74, 6) is 0.674. The molecule has 1 amide bonds. The third-order valence-corrected chi connectivity index (χ3v) is 4.11. The van der Waals surface area contributed by atoms with Gasteiger partial charge in [-0.3, -0.25) is 4.79 Å². The Balaban J connectivity index is 1.99. The van der Waals surface area contributed by atoms with E-state index in [9.17, 15) is 4.79 Å². The van der Waals surface area contributed by atoms with Crippen LogP contribution in [0.5, 0.6) is 11.8 Å². The lowest BCUT2D eigenvalue weighted by Crippen LogP contribution is -2.22. The molecule has 0 bridgehead atoms. The fraction of sp³-hybridized carbons (Fsp3) is 0.421. The molecule has 0 aliphatic carbocycles. The average Bonchev–Trinajstić information content (AvgIpc) is 2.75. The maximum atomic E-state index is 13.0. The first-order valence-electron chi connectivity index (χ1n) is 9.04. The van der Waals surface area contributed by atoms with Crippen LogP contribution < -0.4 is 20.1 Å². The average molecular weight is 388 g/mol. The molecule has 28 heavy (non-hydrogen) atoms. The zero-order valence-electron chi connectivity index (χ0n) is 16.2. The summed E-state index contributed by atoms with van der Waals surface area (Å²) in [4.78, 5) is 21.5. The topological polar surface area (TPSA) is 104 Å². The highest BCUT2D eigenvalue weighted by Crippen LogP contribution is 2.37. The van der Waals surface area contributed by atoms with Crippen molar-refractivity contribution in [3.8, 4) is 11.8 Å². The standard InChI is InChI=1S/C19H24N4O5/c1-4-20-16-12(7-5-8-21-16)17(24)23-15-13(19-27-9-6-10-28-19)11-14(25-2)22-18(15)26-3/h5,7-8,11,19H,4,6,9-10H2,1-3H3,(H,20,21)(H,23,24). The van der Waals surface area contributed by atoms with E-state index >= 15 is 0 Å². The van der Waals surface area contributed by atoms with Gasteiger partial charge in [-0.15, -0.1) is 0 Å². The third-order valence-electron chi connectivity index (χ3n) is 4.11. The minimum Gasteiger partial charge on any atom is -0.481 e. The second-order valence-corrected chi connectivity index (χ2v) is 5.95. The van der Waals surface area contributed by atoms with Crippen molar-refractivity contribution in [1.29, 1.82) is 0 Å². The van der Waals surface area contributed by atoms with Crippen LogP contribution in [-0.4, -0.2) is 49.9 Å². The second-order valence-electron chi connectivity index (χ2n) is 5.95. The number of pyridine rings is 2. The van der Waals surface area contributed by atoms with E-state index in [1.807, 2.05) is 6.92 Å². The number of rotatable bonds is 7. The van der Waals surface area contributed by atoms with Gasteiger partial charge < -0.3 is 29.6 Å². The van der Waals surface area contributed by atoms with Crippen LogP contribution in [0.4, 0.5) is 11.5 Å². The van der Waals surface area contributed by atoms with Crippen molar-refractivity contribution < 1.29 is 23.7 Å². The van der Waals surface area contributed by atoms with Gasteiger partial charge in [0.15, 0.2) is 6.29 Å². The Morgan fingerprint density at radius 1 is 1.29 bits per heavy atom. The molecule has 0 saturated carbocycles. The van der Waals surface area contributed by atoms with E-state index in [-0.39, 0.29) is 11.8 Å². The summed E-state index contributed by atoms with van der Waals surface area (Å²) >= 11 is 0. The Labute approximate surface area is 163 Å². The normalized spacial score (nSPS) is 14.4. The van der Waals surface area contributed by atoms with Crippen LogP contribution in [0.1, 0.15) is 35.6 Å². The molecule has 1 saturated heterocycles. The van der Waals surface area contributed by atoms with Crippen molar-refractivity contribution in [3.05, 3.63) is 35.5 Å². The molecule has 9 heteroatoms. The van der Waals surface area contributed by atoms with Crippen LogP contribution in [0.25, 0.3) is 0 Å². The number of hydrogen-bond acceptors (Lipinski definition) is 8. The Morgan fingerprint density at radius 2 is 2.07 bits per heavy atom. The van der Waals surface area contributed by atoms with Crippen molar-refractivity contribution in [2.45, 2.75) is 19.6 Å². The minimum absolute atomic E-state index is 0.203. The maximum absolute atomic E-state index is 13.0. The van der Waals surface area contributed by atoms with E-state index in [2.05, 4.69) is 20.6 Å². The van der Waals surface area contributed by atoms with Crippen LogP contribution in [-0.2, 0) is 9.47 Å². The Morgan fingerprint density at radius 3 is 2.75 bits per heavy atom. The van der Waals surface area contributed by atoms with E-state index in [0.717, 1.165) is 6.42 Å². The maximum Gasteiger partial charge on any atom is 0.259 e. The molecule has 3 heterocycles. The first-order chi connectivity index (χ1) is 13.7. The van der Waals surface area contributed by atoms with Gasteiger partial charge in [-0.1, -0.05) is 0 Å². The molecule has 3 rings (SSSR count). The van der Waals surface area contributed by atoms with Crippen LogP contribution >= 0.6 is 0 Å². The summed E-state index contributed by atoms with van der Waals surface area (Å²) in [6.07, 6.45) is 1.77. The van der Waals surface area contributed by atoms with Crippen LogP contribution in [0.15, 0.2) is 24.4 Å². The number of nitrogens with zero attached hydrogens (tertiary/aromatic N) is 2. The van der Waals surface area contributed by atoms with Crippen molar-refractivity contribution in [3.63, 3.8) is 0 Å². The summed E-state index contributed by atoms with van der Waals surface area (Å²) in [5, 5.41) is 5.95. The molecule has 2 aromatic heterocycles. The summed E-state index contributed by atoms with van der Waals surface area (Å²) < 4.78 is 22.1. The molecule has 0 radical (unpaired) electrons. The SMILES string of the molecule is CCNc1ncccc1C(=O)Nc1c(C2OCCCO2)cc(OC)nc1OC. The molecule has 9 nitrogen and oxygen atoms in total. The van der Waals surface area contributed by atoms with Crippen LogP contribution in [0.2, 0.25) is 0 Å². The predicted octanol–water partition coefficient (Wildman–Crippen LogP) is 2.61. The smallest absolute Gasteiger partial charge is 0.259 e. The lowest BCUT2D eigenvalue weighted by atomic mass is 10.1. The zero-order chi connectivity index (χ0) is 19.9. The Bertz CT molecular complexity index is 824. The van der Waals surface area contributed by atoms with E-state index in [1.165, 1.54) is 14.2 Å². The number of carbonyl (C=O) groups is 1. The van der Waals surface area contributed by atoms with E-state index in [4.69, 9.17) is 18.9 Å². The monoisotopic (exact) mass is 388 g/mol. The molecule has 2 aromatic rings. The lowest BCUT2D eigenvalue weighted by Gasteiger charge is -2.26. The number of aromatic nitrogens is 2. The van der Waals surface area contributed by atoms with Gasteiger partial charge in [0.1, 0.15) is 11.5 Å². The highest BCUT2D eigenvalue weighted by atomic mass is 16.7. The lowest BCUT2D eigenvalue weighted by molar-refractivity contribution is -0.182. The summed E-state index contributed by atoms with van der Waals surface area (Å²) in [7, 11) is 2.97. The highest BCUT2D eigenvalue weighted by Gasteiger charge is 2.26. The van der Waals surface area contributed by atoms with E-state index < -0.39 is 6.29 Å². The van der Waals surface area contributed by atoms with Crippen LogP contribution in [0.3, 0.4) is 0 Å². The molecule has 0 spiro atoms. The van der Waals surface area contributed by atoms with Gasteiger partial charge in [-0.25, -0.2) is 4.98 Å². The number of methoxy groups -OCH3 is 2. The second kappa shape index (κ2) is 9.34. The fourth-order valence-electron chi connectivity index (χ4n) is 2.83. The number of anilines is 2. The minimum atomic E-state index is -0.656. The van der Waals surface area contributed by atoms with Gasteiger partial charge in [0.2, 0.25) is 11.8 Å². The highest BCUT2D eigenvalue weighted by molar-refractivity contribution is 6.08. The largest absolute Gasteiger partial charge is 0.481 e. The fourth-order valence-corrected chi connectivity index (χ4v) is 2.83. The molecule has 2 N–H and O–H groups in total. The predicted molar refractivity (Wildman–Crippen MR) is 103 cm³/mol. The molecule has 1 aliphatic heterocycles. The number of nitrogens with one attached hydrogen (secondary N) is 2. The quantitative estimate of drug-likeness (QED) is 0.746. The van der Waals surface area contributed by atoms with Crippen molar-refractivity contribution in [2.75, 3.05) is 44.6 Å². The number of amides is 1. The zero-order valence-corrected chi connectivity index (χ0v) is 16.2. The van der Waals surface area contributed by atoms with Gasteiger partial charge in [0, 0.05) is 24.4 Å². The van der Waals surface area contributed by atoms with E-state index in [1.54, 1.807) is 24.4 Å². The first kappa shape index (κ1) is 19.8. The summed E-state index contributed by atoms with van der Waals surface area (Å²) in [6.45, 7) is 3.68. The molecule has 0 aromatic carbocycles. The molecule has 150 valence electrons. The van der Waals surface area contributed by atoms with Crippen molar-refractivity contribution in [2.24, 2.45) is 0 Å². The van der Waals surface area contributed by atoms with Gasteiger partial charge in [0.25, 0.3) is 5.91 Å². The number of hydrogen-bond donors (Lipinski definition) is 2. The molecular formula is C19H24N4O5. The summed E-state index contributed by atoms with van der Waals surface area (Å²) in [5.41, 5.74) is 1.34. The molecular weight excluding hydrogens is 364 g/mol. The molecule has 0 atom stereocenters. The van der Waals surface area contributed by atoms with E-state index in [0.29, 0.717) is 48.3 Å². The Kier molecular flexibility index (Phi) is 6.62. The van der Waals surface area contributed by atoms with Crippen molar-refractivity contribution >= 4 is 17.4 Å². The molecule has 1 aliphatic rings. The number of carbonyl (C=O) groups excluding carboxylic acids is 1. The summed E-state index contributed by atoms with van der Waals surface area (Å²) in [6, 6.07) is 5.06. The van der Waals surface area contributed by atoms with Gasteiger partial charge in [-0.05, 0) is 25.5 Å². The van der Waals surface area contributed by atoms with Gasteiger partial charge in [-0.2, -0.15) is 4.98 Å². The Hall–Kier alpha value is -2.91. The first-order valence-corrected chi connectivity index (χ1v) is 9.04. The van der Waals surface area contributed by atoms with Crippen LogP contribution in [0, 0.1) is 0 Å². The van der Waals surface area contributed by atoms with Gasteiger partial charge in [0.05, 0.1) is 33.0 Å². The third kappa shape index (κ3) is 4.32. The van der Waals surface area contributed by atoms with Gasteiger partial charge >= 0.3 is 0 Å². The molecule has 1 fully saturated rings.